The van der Waals surface area contributed by atoms with Crippen molar-refractivity contribution in [3.05, 3.63) is 35.1 Å². The number of halogens is 1. The van der Waals surface area contributed by atoms with E-state index in [-0.39, 0.29) is 30.0 Å². The minimum absolute atomic E-state index is 0.0404. The third-order valence-electron chi connectivity index (χ3n) is 2.45. The fourth-order valence-electron chi connectivity index (χ4n) is 1.59. The van der Waals surface area contributed by atoms with E-state index in [4.69, 9.17) is 10.9 Å². The predicted molar refractivity (Wildman–Crippen MR) is 66.1 cm³/mol. The Morgan fingerprint density at radius 1 is 1.61 bits per heavy atom. The molecule has 4 N–H and O–H groups in total. The van der Waals surface area contributed by atoms with Crippen LogP contribution in [0.2, 0.25) is 0 Å². The van der Waals surface area contributed by atoms with E-state index < -0.39 is 0 Å². The largest absolute Gasteiger partial charge is 0.409 e. The molecule has 0 bridgehead atoms. The normalized spacial score (nSPS) is 13.2. The molecule has 0 aliphatic rings. The Labute approximate surface area is 104 Å². The van der Waals surface area contributed by atoms with Crippen LogP contribution in [0.3, 0.4) is 0 Å². The van der Waals surface area contributed by atoms with E-state index >= 15 is 0 Å². The molecule has 18 heavy (non-hydrogen) atoms. The highest BCUT2D eigenvalue weighted by molar-refractivity contribution is 5.96. The van der Waals surface area contributed by atoms with Crippen molar-refractivity contribution in [3.63, 3.8) is 0 Å². The number of benzene rings is 1. The summed E-state index contributed by atoms with van der Waals surface area (Å²) in [6, 6.07) is 3.67. The molecule has 1 unspecified atom stereocenters. The Balaban J connectivity index is 2.71. The lowest BCUT2D eigenvalue weighted by Gasteiger charge is -2.14. The number of aryl methyl sites for hydroxylation is 1. The number of oxime groups is 1. The van der Waals surface area contributed by atoms with Gasteiger partial charge in [-0.1, -0.05) is 5.16 Å². The molecular formula is C12H16FN3O2. The Morgan fingerprint density at radius 2 is 2.28 bits per heavy atom. The van der Waals surface area contributed by atoms with Gasteiger partial charge in [-0.05, 0) is 37.6 Å². The van der Waals surface area contributed by atoms with Crippen LogP contribution in [0.5, 0.6) is 0 Å². The number of amidine groups is 1. The molecule has 1 aromatic rings. The van der Waals surface area contributed by atoms with Gasteiger partial charge in [0.2, 0.25) is 0 Å². The first-order valence-corrected chi connectivity index (χ1v) is 5.47. The fraction of sp³-hybridized carbons (Fsp3) is 0.333. The van der Waals surface area contributed by atoms with Crippen LogP contribution in [0.25, 0.3) is 0 Å². The number of rotatable bonds is 4. The average molecular weight is 253 g/mol. The second-order valence-electron chi connectivity index (χ2n) is 4.13. The van der Waals surface area contributed by atoms with E-state index in [9.17, 15) is 9.18 Å². The molecule has 0 heterocycles. The van der Waals surface area contributed by atoms with Gasteiger partial charge in [-0.2, -0.15) is 0 Å². The first-order valence-electron chi connectivity index (χ1n) is 5.47. The molecule has 0 saturated heterocycles. The summed E-state index contributed by atoms with van der Waals surface area (Å²) in [5, 5.41) is 13.9. The van der Waals surface area contributed by atoms with Crippen molar-refractivity contribution in [1.82, 2.24) is 5.32 Å². The van der Waals surface area contributed by atoms with Crippen molar-refractivity contribution in [2.75, 3.05) is 0 Å². The Kier molecular flexibility index (Phi) is 4.65. The molecule has 5 nitrogen and oxygen atoms in total. The molecule has 0 aliphatic heterocycles. The fourth-order valence-corrected chi connectivity index (χ4v) is 1.59. The van der Waals surface area contributed by atoms with E-state index in [0.717, 1.165) is 0 Å². The first-order chi connectivity index (χ1) is 8.43. The van der Waals surface area contributed by atoms with Gasteiger partial charge in [0.25, 0.3) is 5.91 Å². The molecule has 0 aromatic heterocycles. The maximum atomic E-state index is 12.9. The van der Waals surface area contributed by atoms with Gasteiger partial charge in [0, 0.05) is 18.0 Å². The zero-order valence-electron chi connectivity index (χ0n) is 10.3. The molecule has 0 fully saturated rings. The third-order valence-corrected chi connectivity index (χ3v) is 2.45. The van der Waals surface area contributed by atoms with Crippen LogP contribution in [0.15, 0.2) is 23.4 Å². The zero-order valence-corrected chi connectivity index (χ0v) is 10.3. The Bertz CT molecular complexity index is 474. The number of carbonyl (C=O) groups excluding carboxylic acids is 1. The second-order valence-corrected chi connectivity index (χ2v) is 4.13. The van der Waals surface area contributed by atoms with Crippen LogP contribution < -0.4 is 11.1 Å². The van der Waals surface area contributed by atoms with E-state index in [0.29, 0.717) is 11.1 Å². The van der Waals surface area contributed by atoms with Crippen molar-refractivity contribution < 1.29 is 14.4 Å². The lowest BCUT2D eigenvalue weighted by atomic mass is 10.1. The SMILES string of the molecule is Cc1cc(F)ccc1C(=O)NC(C)C/C(N)=N/O. The molecule has 98 valence electrons. The summed E-state index contributed by atoms with van der Waals surface area (Å²) in [7, 11) is 0. The molecule has 1 atom stereocenters. The van der Waals surface area contributed by atoms with Crippen molar-refractivity contribution in [3.8, 4) is 0 Å². The van der Waals surface area contributed by atoms with Crippen LogP contribution in [0.1, 0.15) is 29.3 Å². The van der Waals surface area contributed by atoms with Crippen LogP contribution in [0, 0.1) is 12.7 Å². The van der Waals surface area contributed by atoms with Crippen molar-refractivity contribution in [1.29, 1.82) is 0 Å². The van der Waals surface area contributed by atoms with Gasteiger partial charge < -0.3 is 16.3 Å². The van der Waals surface area contributed by atoms with Gasteiger partial charge in [-0.3, -0.25) is 4.79 Å². The van der Waals surface area contributed by atoms with Crippen molar-refractivity contribution in [2.24, 2.45) is 10.9 Å². The number of nitrogens with zero attached hydrogens (tertiary/aromatic N) is 1. The van der Waals surface area contributed by atoms with E-state index in [1.807, 2.05) is 0 Å². The van der Waals surface area contributed by atoms with Crippen molar-refractivity contribution in [2.45, 2.75) is 26.3 Å². The maximum Gasteiger partial charge on any atom is 0.251 e. The summed E-state index contributed by atoms with van der Waals surface area (Å²) < 4.78 is 12.9. The summed E-state index contributed by atoms with van der Waals surface area (Å²) in [4.78, 5) is 11.9. The van der Waals surface area contributed by atoms with Gasteiger partial charge in [0.1, 0.15) is 11.7 Å². The summed E-state index contributed by atoms with van der Waals surface area (Å²) in [5.74, 6) is -0.655. The zero-order chi connectivity index (χ0) is 13.7. The summed E-state index contributed by atoms with van der Waals surface area (Å²) in [6.45, 7) is 3.39. The Morgan fingerprint density at radius 3 is 2.83 bits per heavy atom. The first kappa shape index (κ1) is 14.0. The third kappa shape index (κ3) is 3.73. The number of carbonyl (C=O) groups is 1. The lowest BCUT2D eigenvalue weighted by molar-refractivity contribution is 0.0940. The molecule has 1 rings (SSSR count). The number of nitrogens with one attached hydrogen (secondary N) is 1. The number of hydrogen-bond donors (Lipinski definition) is 3. The number of amides is 1. The lowest BCUT2D eigenvalue weighted by Crippen LogP contribution is -2.36. The van der Waals surface area contributed by atoms with Gasteiger partial charge in [-0.25, -0.2) is 4.39 Å². The molecule has 0 aliphatic carbocycles. The maximum absolute atomic E-state index is 12.9. The molecule has 0 spiro atoms. The van der Waals surface area contributed by atoms with Crippen LogP contribution in [0.4, 0.5) is 4.39 Å². The van der Waals surface area contributed by atoms with Crippen LogP contribution in [-0.4, -0.2) is 23.0 Å². The van der Waals surface area contributed by atoms with E-state index in [1.54, 1.807) is 13.8 Å². The summed E-state index contributed by atoms with van der Waals surface area (Å²) in [5.41, 5.74) is 6.30. The number of hydrogen-bond acceptors (Lipinski definition) is 3. The Hall–Kier alpha value is -2.11. The highest BCUT2D eigenvalue weighted by Crippen LogP contribution is 2.10. The minimum atomic E-state index is -0.381. The van der Waals surface area contributed by atoms with Crippen LogP contribution in [-0.2, 0) is 0 Å². The molecule has 6 heteroatoms. The predicted octanol–water partition coefficient (Wildman–Crippen LogP) is 1.39. The summed E-state index contributed by atoms with van der Waals surface area (Å²) in [6.07, 6.45) is 0.239. The van der Waals surface area contributed by atoms with Gasteiger partial charge in [-0.15, -0.1) is 0 Å². The van der Waals surface area contributed by atoms with Gasteiger partial charge in [0.05, 0.1) is 0 Å². The quantitative estimate of drug-likeness (QED) is 0.328. The minimum Gasteiger partial charge on any atom is -0.409 e. The van der Waals surface area contributed by atoms with Gasteiger partial charge >= 0.3 is 0 Å². The summed E-state index contributed by atoms with van der Waals surface area (Å²) >= 11 is 0. The van der Waals surface area contributed by atoms with Gasteiger partial charge in [0.15, 0.2) is 0 Å². The standard InChI is InChI=1S/C12H16FN3O2/c1-7-5-9(13)3-4-10(7)12(17)15-8(2)6-11(14)16-18/h3-5,8,18H,6H2,1-2H3,(H2,14,16)(H,15,17). The smallest absolute Gasteiger partial charge is 0.251 e. The topological polar surface area (TPSA) is 87.7 Å². The highest BCUT2D eigenvalue weighted by atomic mass is 19.1. The number of nitrogens with two attached hydrogens (primary N) is 1. The van der Waals surface area contributed by atoms with E-state index in [2.05, 4.69) is 10.5 Å². The molecular weight excluding hydrogens is 237 g/mol. The molecule has 0 radical (unpaired) electrons. The molecule has 0 saturated carbocycles. The molecule has 1 aromatic carbocycles. The van der Waals surface area contributed by atoms with Crippen molar-refractivity contribution >= 4 is 11.7 Å². The van der Waals surface area contributed by atoms with Crippen LogP contribution >= 0.6 is 0 Å². The monoisotopic (exact) mass is 253 g/mol. The molecule has 1 amide bonds. The highest BCUT2D eigenvalue weighted by Gasteiger charge is 2.13. The second kappa shape index (κ2) is 6.00. The average Bonchev–Trinajstić information content (AvgIpc) is 2.28. The van der Waals surface area contributed by atoms with E-state index in [1.165, 1.54) is 18.2 Å².